The van der Waals surface area contributed by atoms with Crippen LogP contribution in [0.15, 0.2) is 6.07 Å². The van der Waals surface area contributed by atoms with Gasteiger partial charge in [0, 0.05) is 39.6 Å². The third-order valence-electron chi connectivity index (χ3n) is 6.10. The standard InChI is InChI=1S/C18H24F3N5O2/c1-24-14(18(19,20)21)9-13(23-24)8-12-3-6-25(7-4-12)16(28)26-10-17(11-26)5-2-15(27)22-17/h9,12H,2-8,10-11H2,1H3,(H,22,27). The molecule has 0 radical (unpaired) electrons. The minimum absolute atomic E-state index is 0.0117. The average Bonchev–Trinajstić information content (AvgIpc) is 3.16. The fourth-order valence-electron chi connectivity index (χ4n) is 4.55. The largest absolute Gasteiger partial charge is 0.433 e. The summed E-state index contributed by atoms with van der Waals surface area (Å²) in [6.07, 6.45) is -1.11. The molecule has 1 aromatic rings. The van der Waals surface area contributed by atoms with Crippen molar-refractivity contribution in [1.82, 2.24) is 24.9 Å². The summed E-state index contributed by atoms with van der Waals surface area (Å²) in [7, 11) is 1.31. The molecule has 28 heavy (non-hydrogen) atoms. The summed E-state index contributed by atoms with van der Waals surface area (Å²) in [5.74, 6) is 0.271. The van der Waals surface area contributed by atoms with Crippen LogP contribution < -0.4 is 5.32 Å². The maximum absolute atomic E-state index is 12.9. The Hall–Kier alpha value is -2.26. The number of hydrogen-bond donors (Lipinski definition) is 1. The number of carbonyl (C=O) groups excluding carboxylic acids is 2. The number of aromatic nitrogens is 2. The minimum Gasteiger partial charge on any atom is -0.347 e. The number of piperidine rings is 1. The van der Waals surface area contributed by atoms with Gasteiger partial charge >= 0.3 is 12.2 Å². The molecule has 0 saturated carbocycles. The second kappa shape index (κ2) is 6.66. The highest BCUT2D eigenvalue weighted by Crippen LogP contribution is 2.33. The van der Waals surface area contributed by atoms with Crippen molar-refractivity contribution >= 4 is 11.9 Å². The topological polar surface area (TPSA) is 70.5 Å². The highest BCUT2D eigenvalue weighted by molar-refractivity contribution is 5.82. The molecule has 3 aliphatic rings. The number of nitrogens with zero attached hydrogens (tertiary/aromatic N) is 4. The van der Waals surface area contributed by atoms with Crippen LogP contribution in [0, 0.1) is 5.92 Å². The molecular formula is C18H24F3N5O2. The Morgan fingerprint density at radius 3 is 2.50 bits per heavy atom. The van der Waals surface area contributed by atoms with E-state index in [0.717, 1.165) is 30.0 Å². The fourth-order valence-corrected chi connectivity index (χ4v) is 4.55. The lowest BCUT2D eigenvalue weighted by Crippen LogP contribution is -2.70. The molecule has 10 heteroatoms. The molecule has 4 rings (SSSR count). The predicted molar refractivity (Wildman–Crippen MR) is 93.3 cm³/mol. The Kier molecular flexibility index (Phi) is 4.54. The number of urea groups is 1. The number of nitrogens with one attached hydrogen (secondary N) is 1. The van der Waals surface area contributed by atoms with Gasteiger partial charge in [0.25, 0.3) is 0 Å². The van der Waals surface area contributed by atoms with Gasteiger partial charge in [-0.2, -0.15) is 18.3 Å². The lowest BCUT2D eigenvalue weighted by atomic mass is 9.88. The summed E-state index contributed by atoms with van der Waals surface area (Å²) in [4.78, 5) is 27.6. The van der Waals surface area contributed by atoms with Crippen LogP contribution >= 0.6 is 0 Å². The van der Waals surface area contributed by atoms with E-state index in [1.165, 1.54) is 7.05 Å². The Morgan fingerprint density at radius 2 is 1.96 bits per heavy atom. The van der Waals surface area contributed by atoms with Crippen molar-refractivity contribution in [3.63, 3.8) is 0 Å². The average molecular weight is 399 g/mol. The molecular weight excluding hydrogens is 375 g/mol. The molecule has 0 aromatic carbocycles. The lowest BCUT2D eigenvalue weighted by Gasteiger charge is -2.49. The van der Waals surface area contributed by atoms with Crippen LogP contribution in [-0.2, 0) is 24.4 Å². The summed E-state index contributed by atoms with van der Waals surface area (Å²) in [5.41, 5.74) is -0.512. The smallest absolute Gasteiger partial charge is 0.347 e. The van der Waals surface area contributed by atoms with Gasteiger partial charge in [0.05, 0.1) is 11.2 Å². The summed E-state index contributed by atoms with van der Waals surface area (Å²) >= 11 is 0. The molecule has 1 N–H and O–H groups in total. The Labute approximate surface area is 160 Å². The molecule has 1 aromatic heterocycles. The third-order valence-corrected chi connectivity index (χ3v) is 6.10. The fraction of sp³-hybridized carbons (Fsp3) is 0.722. The van der Waals surface area contributed by atoms with Crippen LogP contribution in [0.5, 0.6) is 0 Å². The van der Waals surface area contributed by atoms with Gasteiger partial charge in [-0.3, -0.25) is 9.48 Å². The SMILES string of the molecule is Cn1nc(CC2CCN(C(=O)N3CC4(CCC(=O)N4)C3)CC2)cc1C(F)(F)F. The van der Waals surface area contributed by atoms with Gasteiger partial charge < -0.3 is 15.1 Å². The van der Waals surface area contributed by atoms with Gasteiger partial charge in [0.1, 0.15) is 5.69 Å². The van der Waals surface area contributed by atoms with Crippen LogP contribution in [0.4, 0.5) is 18.0 Å². The van der Waals surface area contributed by atoms with E-state index >= 15 is 0 Å². The highest BCUT2D eigenvalue weighted by Gasteiger charge is 2.50. The normalized spacial score (nSPS) is 22.5. The van der Waals surface area contributed by atoms with Crippen LogP contribution in [0.2, 0.25) is 0 Å². The van der Waals surface area contributed by atoms with Crippen molar-refractivity contribution in [3.05, 3.63) is 17.5 Å². The molecule has 0 unspecified atom stereocenters. The Bertz CT molecular complexity index is 777. The minimum atomic E-state index is -4.40. The summed E-state index contributed by atoms with van der Waals surface area (Å²) < 4.78 is 39.6. The van der Waals surface area contributed by atoms with Crippen LogP contribution in [-0.4, -0.2) is 63.2 Å². The second-order valence-corrected chi connectivity index (χ2v) is 8.24. The monoisotopic (exact) mass is 399 g/mol. The number of halogens is 3. The summed E-state index contributed by atoms with van der Waals surface area (Å²) in [6.45, 7) is 2.31. The molecule has 0 bridgehead atoms. The maximum atomic E-state index is 12.9. The number of rotatable bonds is 2. The third kappa shape index (κ3) is 3.56. The molecule has 4 heterocycles. The zero-order chi connectivity index (χ0) is 20.1. The first-order chi connectivity index (χ1) is 13.2. The van der Waals surface area contributed by atoms with Gasteiger partial charge in [0.2, 0.25) is 5.91 Å². The predicted octanol–water partition coefficient (Wildman–Crippen LogP) is 1.78. The van der Waals surface area contributed by atoms with Crippen molar-refractivity contribution in [2.75, 3.05) is 26.2 Å². The zero-order valence-corrected chi connectivity index (χ0v) is 15.8. The number of alkyl halides is 3. The van der Waals surface area contributed by atoms with Crippen molar-refractivity contribution in [2.24, 2.45) is 13.0 Å². The number of carbonyl (C=O) groups is 2. The van der Waals surface area contributed by atoms with Crippen molar-refractivity contribution in [1.29, 1.82) is 0 Å². The van der Waals surface area contributed by atoms with Gasteiger partial charge in [-0.25, -0.2) is 4.79 Å². The van der Waals surface area contributed by atoms with E-state index in [4.69, 9.17) is 0 Å². The van der Waals surface area contributed by atoms with Gasteiger partial charge in [0.15, 0.2) is 0 Å². The first-order valence-electron chi connectivity index (χ1n) is 9.60. The molecule has 3 aliphatic heterocycles. The Morgan fingerprint density at radius 1 is 1.29 bits per heavy atom. The first-order valence-corrected chi connectivity index (χ1v) is 9.60. The lowest BCUT2D eigenvalue weighted by molar-refractivity contribution is -0.143. The van der Waals surface area contributed by atoms with Crippen molar-refractivity contribution in [2.45, 2.75) is 43.8 Å². The van der Waals surface area contributed by atoms with Crippen molar-refractivity contribution in [3.8, 4) is 0 Å². The van der Waals surface area contributed by atoms with Crippen LogP contribution in [0.25, 0.3) is 0 Å². The van der Waals surface area contributed by atoms with Crippen molar-refractivity contribution < 1.29 is 22.8 Å². The second-order valence-electron chi connectivity index (χ2n) is 8.24. The molecule has 154 valence electrons. The molecule has 3 saturated heterocycles. The van der Waals surface area contributed by atoms with Gasteiger partial charge in [-0.1, -0.05) is 0 Å². The molecule has 0 aliphatic carbocycles. The van der Waals surface area contributed by atoms with Crippen LogP contribution in [0.1, 0.15) is 37.1 Å². The van der Waals surface area contributed by atoms with E-state index in [0.29, 0.717) is 44.7 Å². The van der Waals surface area contributed by atoms with E-state index in [1.807, 2.05) is 0 Å². The number of likely N-dealkylation sites (tertiary alicyclic amines) is 2. The molecule has 3 amide bonds. The summed E-state index contributed by atoms with van der Waals surface area (Å²) in [5, 5.41) is 6.96. The summed E-state index contributed by atoms with van der Waals surface area (Å²) in [6, 6.07) is 1.11. The number of amides is 3. The number of aryl methyl sites for hydroxylation is 1. The van der Waals surface area contributed by atoms with E-state index in [-0.39, 0.29) is 23.4 Å². The number of hydrogen-bond acceptors (Lipinski definition) is 3. The quantitative estimate of drug-likeness (QED) is 0.824. The van der Waals surface area contributed by atoms with E-state index in [1.54, 1.807) is 9.80 Å². The van der Waals surface area contributed by atoms with E-state index in [9.17, 15) is 22.8 Å². The molecule has 0 atom stereocenters. The van der Waals surface area contributed by atoms with Gasteiger partial charge in [-0.15, -0.1) is 0 Å². The first kappa shape index (κ1) is 19.1. The van der Waals surface area contributed by atoms with E-state index < -0.39 is 11.9 Å². The molecule has 7 nitrogen and oxygen atoms in total. The molecule has 1 spiro atoms. The molecule has 3 fully saturated rings. The van der Waals surface area contributed by atoms with E-state index in [2.05, 4.69) is 10.4 Å². The maximum Gasteiger partial charge on any atom is 0.433 e. The highest BCUT2D eigenvalue weighted by atomic mass is 19.4. The Balaban J connectivity index is 1.26. The van der Waals surface area contributed by atoms with Gasteiger partial charge in [-0.05, 0) is 37.7 Å². The zero-order valence-electron chi connectivity index (χ0n) is 15.8. The van der Waals surface area contributed by atoms with Crippen LogP contribution in [0.3, 0.4) is 0 Å².